The molecule has 3 aromatic carbocycles. The molecular formula is C34H37F2N7O3. The first-order chi connectivity index (χ1) is 22.1. The number of benzene rings is 3. The minimum absolute atomic E-state index is 0.0183. The van der Waals surface area contributed by atoms with Crippen LogP contribution < -0.4 is 22.1 Å². The molecule has 0 aliphatic heterocycles. The zero-order valence-corrected chi connectivity index (χ0v) is 25.7. The maximum absolute atomic E-state index is 15.2. The van der Waals surface area contributed by atoms with Gasteiger partial charge in [-0.25, -0.2) is 18.6 Å². The Morgan fingerprint density at radius 1 is 0.935 bits per heavy atom. The highest BCUT2D eigenvalue weighted by Gasteiger charge is 2.29. The quantitative estimate of drug-likeness (QED) is 0.131. The maximum Gasteiger partial charge on any atom is 0.323 e. The van der Waals surface area contributed by atoms with Crippen LogP contribution in [0.15, 0.2) is 53.3 Å². The van der Waals surface area contributed by atoms with E-state index >= 15 is 4.39 Å². The summed E-state index contributed by atoms with van der Waals surface area (Å²) in [7, 11) is 0. The average Bonchev–Trinajstić information content (AvgIpc) is 3.65. The Labute approximate surface area is 263 Å². The number of carbonyl (C=O) groups is 2. The van der Waals surface area contributed by atoms with Crippen LogP contribution in [0.1, 0.15) is 56.8 Å². The molecule has 1 atom stereocenters. The van der Waals surface area contributed by atoms with E-state index in [2.05, 4.69) is 30.6 Å². The summed E-state index contributed by atoms with van der Waals surface area (Å²) in [4.78, 5) is 51.2. The first kappa shape index (κ1) is 31.2. The SMILES string of the molecule is CC(C)c1nc2c(F)c(F)c(-c3ccc(C[C@H](NC(=O)[C@H]4CC[C@H](CN)CC4)C(=O)Nc4ccc5[nH]c(=O)[nH]c5c4)cc3)cc2[nH]1. The van der Waals surface area contributed by atoms with Crippen molar-refractivity contribution >= 4 is 39.6 Å². The van der Waals surface area contributed by atoms with Gasteiger partial charge < -0.3 is 31.3 Å². The molecule has 2 heterocycles. The predicted molar refractivity (Wildman–Crippen MR) is 173 cm³/mol. The number of rotatable bonds is 9. The number of nitrogens with two attached hydrogens (primary N) is 1. The Kier molecular flexibility index (Phi) is 8.72. The van der Waals surface area contributed by atoms with Gasteiger partial charge in [0.1, 0.15) is 17.4 Å². The van der Waals surface area contributed by atoms with Crippen LogP contribution in [0.25, 0.3) is 33.2 Å². The fourth-order valence-corrected chi connectivity index (χ4v) is 6.15. The molecule has 1 aliphatic rings. The van der Waals surface area contributed by atoms with Crippen molar-refractivity contribution in [3.8, 4) is 11.1 Å². The number of halogens is 2. The van der Waals surface area contributed by atoms with Crippen LogP contribution in [0.3, 0.4) is 0 Å². The number of nitrogens with one attached hydrogen (secondary N) is 5. The van der Waals surface area contributed by atoms with Gasteiger partial charge in [-0.2, -0.15) is 0 Å². The third-order valence-electron chi connectivity index (χ3n) is 8.89. The second-order valence-corrected chi connectivity index (χ2v) is 12.5. The van der Waals surface area contributed by atoms with Crippen LogP contribution in [-0.2, 0) is 16.0 Å². The summed E-state index contributed by atoms with van der Waals surface area (Å²) < 4.78 is 30.1. The number of fused-ring (bicyclic) bond motifs is 2. The van der Waals surface area contributed by atoms with E-state index < -0.39 is 23.6 Å². The molecule has 1 aliphatic carbocycles. The number of nitrogens with zero attached hydrogens (tertiary/aromatic N) is 1. The largest absolute Gasteiger partial charge is 0.344 e. The highest BCUT2D eigenvalue weighted by molar-refractivity contribution is 5.98. The summed E-state index contributed by atoms with van der Waals surface area (Å²) >= 11 is 0. The Morgan fingerprint density at radius 2 is 1.65 bits per heavy atom. The fraction of sp³-hybridized carbons (Fsp3) is 0.353. The summed E-state index contributed by atoms with van der Waals surface area (Å²) in [6, 6.07) is 12.4. The third kappa shape index (κ3) is 6.43. The van der Waals surface area contributed by atoms with Gasteiger partial charge in [0, 0.05) is 29.5 Å². The Hall–Kier alpha value is -4.84. The molecule has 12 heteroatoms. The number of anilines is 1. The molecule has 6 rings (SSSR count). The van der Waals surface area contributed by atoms with Crippen molar-refractivity contribution in [1.29, 1.82) is 0 Å². The molecule has 1 fully saturated rings. The lowest BCUT2D eigenvalue weighted by molar-refractivity contribution is -0.130. The van der Waals surface area contributed by atoms with Crippen molar-refractivity contribution in [1.82, 2.24) is 25.3 Å². The number of imidazole rings is 2. The lowest BCUT2D eigenvalue weighted by Crippen LogP contribution is -2.48. The summed E-state index contributed by atoms with van der Waals surface area (Å²) in [5.41, 5.74) is 8.68. The molecule has 10 nitrogen and oxygen atoms in total. The molecule has 2 amide bonds. The van der Waals surface area contributed by atoms with Gasteiger partial charge in [0.15, 0.2) is 11.6 Å². The van der Waals surface area contributed by atoms with E-state index in [0.29, 0.717) is 64.5 Å². The molecule has 240 valence electrons. The van der Waals surface area contributed by atoms with E-state index in [4.69, 9.17) is 5.73 Å². The number of carbonyl (C=O) groups excluding carboxylic acids is 2. The molecule has 2 aromatic heterocycles. The Bertz CT molecular complexity index is 1950. The molecule has 0 radical (unpaired) electrons. The van der Waals surface area contributed by atoms with Gasteiger partial charge in [-0.3, -0.25) is 9.59 Å². The van der Waals surface area contributed by atoms with Gasteiger partial charge in [-0.15, -0.1) is 0 Å². The average molecular weight is 630 g/mol. The van der Waals surface area contributed by atoms with Gasteiger partial charge in [0.25, 0.3) is 0 Å². The van der Waals surface area contributed by atoms with Crippen molar-refractivity contribution in [3.05, 3.63) is 82.0 Å². The lowest BCUT2D eigenvalue weighted by atomic mass is 9.81. The molecule has 0 bridgehead atoms. The number of H-pyrrole nitrogens is 3. The van der Waals surface area contributed by atoms with Crippen molar-refractivity contribution in [2.45, 2.75) is 57.9 Å². The van der Waals surface area contributed by atoms with Gasteiger partial charge in [0.2, 0.25) is 11.8 Å². The monoisotopic (exact) mass is 629 g/mol. The second-order valence-electron chi connectivity index (χ2n) is 12.5. The minimum atomic E-state index is -1.01. The number of hydrogen-bond donors (Lipinski definition) is 6. The fourth-order valence-electron chi connectivity index (χ4n) is 6.15. The van der Waals surface area contributed by atoms with Crippen LogP contribution in [0.5, 0.6) is 0 Å². The third-order valence-corrected chi connectivity index (χ3v) is 8.89. The highest BCUT2D eigenvalue weighted by Crippen LogP contribution is 2.32. The van der Waals surface area contributed by atoms with Crippen molar-refractivity contribution in [2.24, 2.45) is 17.6 Å². The Morgan fingerprint density at radius 3 is 2.35 bits per heavy atom. The van der Waals surface area contributed by atoms with E-state index in [9.17, 15) is 18.8 Å². The first-order valence-corrected chi connectivity index (χ1v) is 15.6. The summed E-state index contributed by atoms with van der Waals surface area (Å²) in [6.07, 6.45) is 3.29. The lowest BCUT2D eigenvalue weighted by Gasteiger charge is -2.28. The molecular weight excluding hydrogens is 592 g/mol. The zero-order valence-electron chi connectivity index (χ0n) is 25.7. The van der Waals surface area contributed by atoms with Gasteiger partial charge in [0.05, 0.1) is 16.6 Å². The predicted octanol–water partition coefficient (Wildman–Crippen LogP) is 5.23. The van der Waals surface area contributed by atoms with Crippen LogP contribution >= 0.6 is 0 Å². The smallest absolute Gasteiger partial charge is 0.323 e. The van der Waals surface area contributed by atoms with Crippen LogP contribution in [-0.4, -0.2) is 44.3 Å². The normalized spacial score (nSPS) is 17.4. The van der Waals surface area contributed by atoms with Crippen molar-refractivity contribution < 1.29 is 18.4 Å². The van der Waals surface area contributed by atoms with Gasteiger partial charge in [-0.05, 0) is 73.5 Å². The number of aromatic amines is 3. The van der Waals surface area contributed by atoms with E-state index in [1.54, 1.807) is 48.5 Å². The molecule has 5 aromatic rings. The topological polar surface area (TPSA) is 162 Å². The second kappa shape index (κ2) is 12.9. The molecule has 0 unspecified atom stereocenters. The summed E-state index contributed by atoms with van der Waals surface area (Å²) in [5.74, 6) is -1.84. The number of hydrogen-bond acceptors (Lipinski definition) is 5. The number of aromatic nitrogens is 4. The van der Waals surface area contributed by atoms with Crippen molar-refractivity contribution in [3.63, 3.8) is 0 Å². The van der Waals surface area contributed by atoms with Crippen LogP contribution in [0, 0.1) is 23.5 Å². The Balaban J connectivity index is 1.23. The number of amides is 2. The van der Waals surface area contributed by atoms with Crippen molar-refractivity contribution in [2.75, 3.05) is 11.9 Å². The van der Waals surface area contributed by atoms with Gasteiger partial charge in [-0.1, -0.05) is 38.1 Å². The molecule has 0 saturated heterocycles. The maximum atomic E-state index is 15.2. The standard InChI is InChI=1S/C34H37F2N7O3/c1-17(2)31-39-26-15-23(28(35)29(36)30(26)43-31)20-7-3-18(4-8-20)13-27(40-32(44)21-9-5-19(16-37)6-10-21)33(45)38-22-11-12-24-25(14-22)42-34(46)41-24/h3-4,7-8,11-12,14-15,17,19,21,27H,5-6,9-10,13,16,37H2,1-2H3,(H,38,45)(H,39,43)(H,40,44)(H2,41,42,46)/t19-,21-,27-/m0/s1. The summed E-state index contributed by atoms with van der Waals surface area (Å²) in [6.45, 7) is 4.42. The molecule has 46 heavy (non-hydrogen) atoms. The van der Waals surface area contributed by atoms with E-state index in [1.807, 2.05) is 13.8 Å². The van der Waals surface area contributed by atoms with Crippen LogP contribution in [0.4, 0.5) is 14.5 Å². The summed E-state index contributed by atoms with van der Waals surface area (Å²) in [5, 5.41) is 5.82. The van der Waals surface area contributed by atoms with E-state index in [-0.39, 0.29) is 40.9 Å². The van der Waals surface area contributed by atoms with Crippen LogP contribution in [0.2, 0.25) is 0 Å². The first-order valence-electron chi connectivity index (χ1n) is 15.6. The minimum Gasteiger partial charge on any atom is -0.344 e. The molecule has 0 spiro atoms. The molecule has 1 saturated carbocycles. The van der Waals surface area contributed by atoms with E-state index in [0.717, 1.165) is 12.8 Å². The van der Waals surface area contributed by atoms with E-state index in [1.165, 1.54) is 0 Å². The highest BCUT2D eigenvalue weighted by atomic mass is 19.2. The zero-order chi connectivity index (χ0) is 32.5. The molecule has 7 N–H and O–H groups in total. The van der Waals surface area contributed by atoms with Gasteiger partial charge >= 0.3 is 5.69 Å².